The van der Waals surface area contributed by atoms with Gasteiger partial charge in [0, 0.05) is 19.6 Å². The first-order chi connectivity index (χ1) is 8.24. The van der Waals surface area contributed by atoms with E-state index < -0.39 is 5.76 Å². The fourth-order valence-corrected chi connectivity index (χ4v) is 1.94. The van der Waals surface area contributed by atoms with Crippen LogP contribution in [0.1, 0.15) is 11.5 Å². The highest BCUT2D eigenvalue weighted by Gasteiger charge is 2.12. The van der Waals surface area contributed by atoms with E-state index in [4.69, 9.17) is 9.15 Å². The summed E-state index contributed by atoms with van der Waals surface area (Å²) in [6.45, 7) is 1.45. The summed E-state index contributed by atoms with van der Waals surface area (Å²) in [5.41, 5.74) is 2.43. The van der Waals surface area contributed by atoms with Crippen LogP contribution in [0.3, 0.4) is 0 Å². The van der Waals surface area contributed by atoms with Crippen molar-refractivity contribution >= 4 is 11.1 Å². The van der Waals surface area contributed by atoms with Gasteiger partial charge in [0.25, 0.3) is 0 Å². The molecule has 92 valence electrons. The molecule has 1 heterocycles. The summed E-state index contributed by atoms with van der Waals surface area (Å²) in [6.07, 6.45) is 0. The lowest BCUT2D eigenvalue weighted by atomic mass is 9.99. The van der Waals surface area contributed by atoms with Gasteiger partial charge in [0.2, 0.25) is 0 Å². The van der Waals surface area contributed by atoms with Gasteiger partial charge < -0.3 is 14.5 Å². The molecule has 0 aliphatic heterocycles. The number of H-pyrrole nitrogens is 1. The van der Waals surface area contributed by atoms with Crippen molar-refractivity contribution in [3.05, 3.63) is 34.3 Å². The van der Waals surface area contributed by atoms with Gasteiger partial charge in [0.15, 0.2) is 5.58 Å². The number of ether oxygens (including phenoxy) is 1. The zero-order valence-corrected chi connectivity index (χ0v) is 9.95. The predicted molar refractivity (Wildman–Crippen MR) is 65.4 cm³/mol. The highest BCUT2D eigenvalue weighted by molar-refractivity contribution is 5.73. The van der Waals surface area contributed by atoms with Gasteiger partial charge in [0.05, 0.1) is 12.1 Å². The maximum atomic E-state index is 11.1. The standard InChI is InChI=1S/C12H16N2O3/c1-13-6-9(7-16-2)8-3-4-11-10(5-8)14-12(15)17-11/h3-5,9,13H,6-7H2,1-2H3,(H,14,15). The van der Waals surface area contributed by atoms with Crippen LogP contribution in [0.4, 0.5) is 0 Å². The third-order valence-electron chi connectivity index (χ3n) is 2.73. The number of methoxy groups -OCH3 is 1. The Morgan fingerprint density at radius 2 is 2.35 bits per heavy atom. The van der Waals surface area contributed by atoms with Crippen LogP contribution < -0.4 is 11.1 Å². The Bertz CT molecular complexity index is 538. The number of nitrogens with one attached hydrogen (secondary N) is 2. The van der Waals surface area contributed by atoms with E-state index in [1.165, 1.54) is 0 Å². The van der Waals surface area contributed by atoms with E-state index in [1.807, 2.05) is 19.2 Å². The largest absolute Gasteiger partial charge is 0.417 e. The molecule has 1 unspecified atom stereocenters. The van der Waals surface area contributed by atoms with E-state index in [-0.39, 0.29) is 5.92 Å². The summed E-state index contributed by atoms with van der Waals surface area (Å²) in [6, 6.07) is 5.70. The normalized spacial score (nSPS) is 13.1. The molecular formula is C12H16N2O3. The second-order valence-corrected chi connectivity index (χ2v) is 3.98. The molecule has 0 bridgehead atoms. The molecule has 17 heavy (non-hydrogen) atoms. The zero-order valence-electron chi connectivity index (χ0n) is 9.95. The molecule has 0 spiro atoms. The summed E-state index contributed by atoms with van der Waals surface area (Å²) in [4.78, 5) is 13.7. The topological polar surface area (TPSA) is 67.3 Å². The Labute approximate surface area is 98.8 Å². The molecule has 0 saturated carbocycles. The summed E-state index contributed by atoms with van der Waals surface area (Å²) in [7, 11) is 3.59. The van der Waals surface area contributed by atoms with E-state index in [9.17, 15) is 4.79 Å². The molecule has 1 atom stereocenters. The molecule has 1 aromatic heterocycles. The lowest BCUT2D eigenvalue weighted by Gasteiger charge is -2.15. The molecule has 0 amide bonds. The first kappa shape index (κ1) is 11.9. The number of fused-ring (bicyclic) bond motifs is 1. The Morgan fingerprint density at radius 3 is 3.06 bits per heavy atom. The maximum absolute atomic E-state index is 11.1. The summed E-state index contributed by atoms with van der Waals surface area (Å²) in [5.74, 6) is -0.165. The number of benzene rings is 1. The number of rotatable bonds is 5. The van der Waals surface area contributed by atoms with E-state index in [0.29, 0.717) is 12.2 Å². The Kier molecular flexibility index (Phi) is 3.61. The molecule has 2 N–H and O–H groups in total. The van der Waals surface area contributed by atoms with Crippen molar-refractivity contribution in [2.45, 2.75) is 5.92 Å². The summed E-state index contributed by atoms with van der Waals surface area (Å²) >= 11 is 0. The molecule has 0 saturated heterocycles. The highest BCUT2D eigenvalue weighted by atomic mass is 16.5. The Balaban J connectivity index is 2.35. The van der Waals surface area contributed by atoms with Crippen LogP contribution in [0.25, 0.3) is 11.1 Å². The van der Waals surface area contributed by atoms with E-state index >= 15 is 0 Å². The van der Waals surface area contributed by atoms with E-state index in [2.05, 4.69) is 10.3 Å². The summed E-state index contributed by atoms with van der Waals surface area (Å²) in [5, 5.41) is 3.13. The third kappa shape index (κ3) is 2.57. The maximum Gasteiger partial charge on any atom is 0.417 e. The second kappa shape index (κ2) is 5.16. The minimum absolute atomic E-state index is 0.257. The number of oxazole rings is 1. The molecule has 5 heteroatoms. The van der Waals surface area contributed by atoms with E-state index in [0.717, 1.165) is 17.6 Å². The van der Waals surface area contributed by atoms with Crippen molar-refractivity contribution < 1.29 is 9.15 Å². The van der Waals surface area contributed by atoms with E-state index in [1.54, 1.807) is 13.2 Å². The SMILES string of the molecule is CNCC(COC)c1ccc2oc(=O)[nH]c2c1. The van der Waals surface area contributed by atoms with Crippen molar-refractivity contribution in [2.24, 2.45) is 0 Å². The quantitative estimate of drug-likeness (QED) is 0.815. The third-order valence-corrected chi connectivity index (χ3v) is 2.73. The fourth-order valence-electron chi connectivity index (χ4n) is 1.94. The number of likely N-dealkylation sites (N-methyl/N-ethyl adjacent to an activating group) is 1. The predicted octanol–water partition coefficient (Wildman–Crippen LogP) is 1.07. The summed E-state index contributed by atoms with van der Waals surface area (Å²) < 4.78 is 10.2. The van der Waals surface area contributed by atoms with Crippen LogP contribution in [0.15, 0.2) is 27.4 Å². The lowest BCUT2D eigenvalue weighted by molar-refractivity contribution is 0.178. The van der Waals surface area contributed by atoms with Crippen molar-refractivity contribution in [3.8, 4) is 0 Å². The average molecular weight is 236 g/mol. The van der Waals surface area contributed by atoms with Crippen LogP contribution in [0.2, 0.25) is 0 Å². The molecule has 1 aromatic carbocycles. The van der Waals surface area contributed by atoms with Crippen LogP contribution in [0, 0.1) is 0 Å². The van der Waals surface area contributed by atoms with Gasteiger partial charge in [-0.3, -0.25) is 4.98 Å². The molecule has 5 nitrogen and oxygen atoms in total. The minimum Gasteiger partial charge on any atom is -0.408 e. The van der Waals surface area contributed by atoms with Crippen molar-refractivity contribution in [1.82, 2.24) is 10.3 Å². The van der Waals surface area contributed by atoms with Gasteiger partial charge in [-0.2, -0.15) is 0 Å². The first-order valence-electron chi connectivity index (χ1n) is 5.51. The molecule has 2 rings (SSSR count). The molecule has 0 radical (unpaired) electrons. The van der Waals surface area contributed by atoms with Gasteiger partial charge in [-0.05, 0) is 24.7 Å². The van der Waals surface area contributed by atoms with Crippen LogP contribution in [-0.2, 0) is 4.74 Å². The van der Waals surface area contributed by atoms with Crippen LogP contribution >= 0.6 is 0 Å². The van der Waals surface area contributed by atoms with Crippen LogP contribution in [0.5, 0.6) is 0 Å². The molecular weight excluding hydrogens is 220 g/mol. The Hall–Kier alpha value is -1.59. The Morgan fingerprint density at radius 1 is 1.53 bits per heavy atom. The van der Waals surface area contributed by atoms with Gasteiger partial charge in [0.1, 0.15) is 0 Å². The number of hydrogen-bond acceptors (Lipinski definition) is 4. The number of hydrogen-bond donors (Lipinski definition) is 2. The number of aromatic amines is 1. The zero-order chi connectivity index (χ0) is 12.3. The number of aromatic nitrogens is 1. The minimum atomic E-state index is -0.422. The van der Waals surface area contributed by atoms with Crippen molar-refractivity contribution in [1.29, 1.82) is 0 Å². The fraction of sp³-hybridized carbons (Fsp3) is 0.417. The van der Waals surface area contributed by atoms with Crippen LogP contribution in [-0.4, -0.2) is 32.3 Å². The van der Waals surface area contributed by atoms with Gasteiger partial charge >= 0.3 is 5.76 Å². The van der Waals surface area contributed by atoms with Crippen molar-refractivity contribution in [3.63, 3.8) is 0 Å². The molecule has 0 aliphatic carbocycles. The lowest BCUT2D eigenvalue weighted by Crippen LogP contribution is -2.20. The highest BCUT2D eigenvalue weighted by Crippen LogP contribution is 2.20. The van der Waals surface area contributed by atoms with Gasteiger partial charge in [-0.25, -0.2) is 4.79 Å². The van der Waals surface area contributed by atoms with Crippen molar-refractivity contribution in [2.75, 3.05) is 27.3 Å². The molecule has 0 aliphatic rings. The molecule has 2 aromatic rings. The molecule has 0 fully saturated rings. The monoisotopic (exact) mass is 236 g/mol. The second-order valence-electron chi connectivity index (χ2n) is 3.98. The first-order valence-corrected chi connectivity index (χ1v) is 5.51. The average Bonchev–Trinajstić information content (AvgIpc) is 2.67. The smallest absolute Gasteiger partial charge is 0.408 e. The van der Waals surface area contributed by atoms with Gasteiger partial charge in [-0.15, -0.1) is 0 Å². The van der Waals surface area contributed by atoms with Gasteiger partial charge in [-0.1, -0.05) is 6.07 Å².